The molecule has 7 heteroatoms. The number of ether oxygens (including phenoxy) is 7. The van der Waals surface area contributed by atoms with Crippen LogP contribution in [0.25, 0.3) is 0 Å². The molecule has 0 unspecified atom stereocenters. The van der Waals surface area contributed by atoms with Crippen LogP contribution in [-0.2, 0) is 9.47 Å². The summed E-state index contributed by atoms with van der Waals surface area (Å²) in [6, 6.07) is 9.26. The largest absolute Gasteiger partial charge is 0.493 e. The highest BCUT2D eigenvalue weighted by molar-refractivity contribution is 5.54. The third kappa shape index (κ3) is 4.90. The molecule has 3 rings (SSSR count). The highest BCUT2D eigenvalue weighted by Gasteiger charge is 2.36. The van der Waals surface area contributed by atoms with E-state index in [1.54, 1.807) is 35.5 Å². The van der Waals surface area contributed by atoms with E-state index in [1.807, 2.05) is 30.3 Å². The van der Waals surface area contributed by atoms with Gasteiger partial charge in [-0.2, -0.15) is 0 Å². The average molecular weight is 414 g/mol. The average Bonchev–Trinajstić information content (AvgIpc) is 3.62. The van der Waals surface area contributed by atoms with Gasteiger partial charge in [0.1, 0.15) is 18.8 Å². The predicted octanol–water partition coefficient (Wildman–Crippen LogP) is 3.24. The summed E-state index contributed by atoms with van der Waals surface area (Å²) in [5, 5.41) is 0. The predicted molar refractivity (Wildman–Crippen MR) is 111 cm³/mol. The minimum Gasteiger partial charge on any atom is -0.493 e. The number of rotatable bonds is 9. The van der Waals surface area contributed by atoms with E-state index in [-0.39, 0.29) is 18.8 Å². The van der Waals surface area contributed by atoms with E-state index in [0.29, 0.717) is 35.4 Å². The van der Waals surface area contributed by atoms with Crippen LogP contribution in [0.1, 0.15) is 17.2 Å². The fraction of sp³-hybridized carbons (Fsp3) is 0.391. The standard InChI is InChI=1S/C23H26O7/c1-24-17-9-8-15(11-18(17)25-2)7-6-10-29-22(21-14-30-21)16-12-19(26-3)23(28-5)20(13-16)27-4/h8-9,11-13,21-22H,10,14H2,1-5H3/t21-,22-/m1/s1. The van der Waals surface area contributed by atoms with Crippen LogP contribution in [0.3, 0.4) is 0 Å². The molecule has 1 heterocycles. The molecular formula is C23H26O7. The molecule has 1 aliphatic rings. The van der Waals surface area contributed by atoms with Crippen molar-refractivity contribution in [1.29, 1.82) is 0 Å². The summed E-state index contributed by atoms with van der Waals surface area (Å²) in [5.41, 5.74) is 1.68. The van der Waals surface area contributed by atoms with Crippen molar-refractivity contribution in [3.63, 3.8) is 0 Å². The summed E-state index contributed by atoms with van der Waals surface area (Å²) in [5.74, 6) is 9.08. The second kappa shape index (κ2) is 10.1. The van der Waals surface area contributed by atoms with Crippen molar-refractivity contribution in [3.05, 3.63) is 41.5 Å². The molecule has 160 valence electrons. The highest BCUT2D eigenvalue weighted by Crippen LogP contribution is 2.42. The fourth-order valence-corrected chi connectivity index (χ4v) is 3.10. The van der Waals surface area contributed by atoms with Crippen LogP contribution in [0, 0.1) is 11.8 Å². The Morgan fingerprint density at radius 1 is 0.867 bits per heavy atom. The number of epoxide rings is 1. The molecule has 0 spiro atoms. The second-order valence-corrected chi connectivity index (χ2v) is 6.43. The van der Waals surface area contributed by atoms with Crippen LogP contribution in [0.15, 0.2) is 30.3 Å². The van der Waals surface area contributed by atoms with Gasteiger partial charge in [-0.3, -0.25) is 0 Å². The molecule has 0 saturated carbocycles. The number of methoxy groups -OCH3 is 5. The van der Waals surface area contributed by atoms with Crippen molar-refractivity contribution in [3.8, 4) is 40.6 Å². The quantitative estimate of drug-likeness (QED) is 0.461. The van der Waals surface area contributed by atoms with Crippen LogP contribution < -0.4 is 23.7 Å². The van der Waals surface area contributed by atoms with E-state index in [4.69, 9.17) is 33.2 Å². The summed E-state index contributed by atoms with van der Waals surface area (Å²) in [7, 11) is 7.93. The van der Waals surface area contributed by atoms with E-state index in [1.165, 1.54) is 0 Å². The fourth-order valence-electron chi connectivity index (χ4n) is 3.10. The molecule has 0 N–H and O–H groups in total. The van der Waals surface area contributed by atoms with Crippen LogP contribution in [0.4, 0.5) is 0 Å². The van der Waals surface area contributed by atoms with Gasteiger partial charge in [0.2, 0.25) is 5.75 Å². The summed E-state index contributed by atoms with van der Waals surface area (Å²) >= 11 is 0. The maximum Gasteiger partial charge on any atom is 0.203 e. The first kappa shape index (κ1) is 21.6. The van der Waals surface area contributed by atoms with Gasteiger partial charge in [-0.1, -0.05) is 11.8 Å². The molecule has 0 bridgehead atoms. The van der Waals surface area contributed by atoms with Crippen molar-refractivity contribution in [2.75, 3.05) is 48.8 Å². The third-order valence-corrected chi connectivity index (χ3v) is 4.66. The summed E-state index contributed by atoms with van der Waals surface area (Å²) in [4.78, 5) is 0. The van der Waals surface area contributed by atoms with E-state index < -0.39 is 0 Å². The molecule has 7 nitrogen and oxygen atoms in total. The van der Waals surface area contributed by atoms with Crippen molar-refractivity contribution in [2.24, 2.45) is 0 Å². The molecule has 2 aromatic carbocycles. The molecule has 0 radical (unpaired) electrons. The Morgan fingerprint density at radius 2 is 1.50 bits per heavy atom. The summed E-state index contributed by atoms with van der Waals surface area (Å²) < 4.78 is 38.3. The maximum absolute atomic E-state index is 6.04. The van der Waals surface area contributed by atoms with Gasteiger partial charge in [-0.15, -0.1) is 0 Å². The lowest BCUT2D eigenvalue weighted by atomic mass is 10.1. The molecule has 1 fully saturated rings. The van der Waals surface area contributed by atoms with Crippen molar-refractivity contribution >= 4 is 0 Å². The first-order valence-corrected chi connectivity index (χ1v) is 9.39. The zero-order valence-electron chi connectivity index (χ0n) is 17.8. The van der Waals surface area contributed by atoms with Gasteiger partial charge >= 0.3 is 0 Å². The minimum absolute atomic E-state index is 0.0318. The van der Waals surface area contributed by atoms with Crippen molar-refractivity contribution in [1.82, 2.24) is 0 Å². The molecule has 0 aliphatic carbocycles. The van der Waals surface area contributed by atoms with Crippen molar-refractivity contribution < 1.29 is 33.2 Å². The maximum atomic E-state index is 6.04. The van der Waals surface area contributed by atoms with Crippen LogP contribution >= 0.6 is 0 Å². The summed E-state index contributed by atoms with van der Waals surface area (Å²) in [6.07, 6.45) is -0.325. The van der Waals surface area contributed by atoms with Gasteiger partial charge in [-0.05, 0) is 35.9 Å². The van der Waals surface area contributed by atoms with Gasteiger partial charge in [0, 0.05) is 5.56 Å². The molecule has 1 aliphatic heterocycles. The lowest BCUT2D eigenvalue weighted by Gasteiger charge is -2.19. The Labute approximate surface area is 176 Å². The number of hydrogen-bond donors (Lipinski definition) is 0. The van der Waals surface area contributed by atoms with E-state index in [0.717, 1.165) is 11.1 Å². The molecular weight excluding hydrogens is 388 g/mol. The minimum atomic E-state index is -0.293. The van der Waals surface area contributed by atoms with Gasteiger partial charge in [0.05, 0.1) is 42.2 Å². The molecule has 0 amide bonds. The lowest BCUT2D eigenvalue weighted by Crippen LogP contribution is -2.12. The Bertz CT molecular complexity index is 900. The van der Waals surface area contributed by atoms with E-state index in [9.17, 15) is 0 Å². The van der Waals surface area contributed by atoms with Crippen LogP contribution in [0.5, 0.6) is 28.7 Å². The Balaban J connectivity index is 1.75. The SMILES string of the molecule is COc1ccc(C#CCO[C@H](c2cc(OC)c(OC)c(OC)c2)[C@H]2CO2)cc1OC. The van der Waals surface area contributed by atoms with Crippen LogP contribution in [0.2, 0.25) is 0 Å². The topological polar surface area (TPSA) is 67.9 Å². The zero-order valence-corrected chi connectivity index (χ0v) is 17.8. The molecule has 2 atom stereocenters. The summed E-state index contributed by atoms with van der Waals surface area (Å²) in [6.45, 7) is 0.861. The molecule has 30 heavy (non-hydrogen) atoms. The first-order chi connectivity index (χ1) is 14.6. The third-order valence-electron chi connectivity index (χ3n) is 4.66. The monoisotopic (exact) mass is 414 g/mol. The zero-order chi connectivity index (χ0) is 21.5. The normalized spacial score (nSPS) is 15.4. The number of hydrogen-bond acceptors (Lipinski definition) is 7. The lowest BCUT2D eigenvalue weighted by molar-refractivity contribution is 0.0538. The Morgan fingerprint density at radius 3 is 2.03 bits per heavy atom. The van der Waals surface area contributed by atoms with E-state index in [2.05, 4.69) is 11.8 Å². The first-order valence-electron chi connectivity index (χ1n) is 9.39. The van der Waals surface area contributed by atoms with E-state index >= 15 is 0 Å². The second-order valence-electron chi connectivity index (χ2n) is 6.43. The highest BCUT2D eigenvalue weighted by atomic mass is 16.6. The van der Waals surface area contributed by atoms with Gasteiger partial charge in [-0.25, -0.2) is 0 Å². The smallest absolute Gasteiger partial charge is 0.203 e. The number of benzene rings is 2. The molecule has 0 aromatic heterocycles. The van der Waals surface area contributed by atoms with Gasteiger partial charge in [0.15, 0.2) is 23.0 Å². The van der Waals surface area contributed by atoms with Gasteiger partial charge in [0.25, 0.3) is 0 Å². The van der Waals surface area contributed by atoms with Crippen molar-refractivity contribution in [2.45, 2.75) is 12.2 Å². The Kier molecular flexibility index (Phi) is 7.28. The molecule has 2 aromatic rings. The van der Waals surface area contributed by atoms with Gasteiger partial charge < -0.3 is 33.2 Å². The molecule has 1 saturated heterocycles. The Hall–Kier alpha value is -3.08. The van der Waals surface area contributed by atoms with Crippen LogP contribution in [-0.4, -0.2) is 54.9 Å².